The van der Waals surface area contributed by atoms with Crippen molar-refractivity contribution in [1.29, 1.82) is 0 Å². The van der Waals surface area contributed by atoms with Crippen molar-refractivity contribution in [3.8, 4) is 11.5 Å². The molecule has 0 spiro atoms. The average Bonchev–Trinajstić information content (AvgIpc) is 2.85. The van der Waals surface area contributed by atoms with Gasteiger partial charge in [0, 0.05) is 47.4 Å². The van der Waals surface area contributed by atoms with Gasteiger partial charge < -0.3 is 24.6 Å². The fourth-order valence-electron chi connectivity index (χ4n) is 4.01. The van der Waals surface area contributed by atoms with Crippen LogP contribution in [0.4, 0.5) is 11.4 Å². The van der Waals surface area contributed by atoms with Crippen LogP contribution < -0.4 is 19.7 Å². The van der Waals surface area contributed by atoms with Crippen molar-refractivity contribution < 1.29 is 23.9 Å². The molecule has 0 radical (unpaired) electrons. The Bertz CT molecular complexity index is 1050. The molecule has 0 saturated carbocycles. The van der Waals surface area contributed by atoms with Crippen LogP contribution in [0.1, 0.15) is 29.6 Å². The number of benzene rings is 2. The van der Waals surface area contributed by atoms with Crippen LogP contribution in [0.5, 0.6) is 11.5 Å². The largest absolute Gasteiger partial charge is 0.497 e. The van der Waals surface area contributed by atoms with E-state index in [9.17, 15) is 14.4 Å². The van der Waals surface area contributed by atoms with E-state index in [1.165, 1.54) is 30.9 Å². The number of rotatable bonds is 6. The van der Waals surface area contributed by atoms with Gasteiger partial charge in [0.15, 0.2) is 0 Å². The number of fused-ring (bicyclic) bond motifs is 1. The van der Waals surface area contributed by atoms with Crippen LogP contribution in [-0.4, -0.2) is 62.2 Å². The van der Waals surface area contributed by atoms with Gasteiger partial charge in [0.2, 0.25) is 11.8 Å². The monoisotopic (exact) mass is 469 g/mol. The molecule has 2 aromatic carbocycles. The molecule has 3 amide bonds. The summed E-state index contributed by atoms with van der Waals surface area (Å²) < 4.78 is 10.5. The van der Waals surface area contributed by atoms with E-state index in [4.69, 9.17) is 9.47 Å². The molecule has 1 N–H and O–H groups in total. The Morgan fingerprint density at radius 2 is 1.70 bits per heavy atom. The van der Waals surface area contributed by atoms with E-state index in [0.29, 0.717) is 28.4 Å². The Balaban J connectivity index is 1.53. The van der Waals surface area contributed by atoms with E-state index in [2.05, 4.69) is 5.32 Å². The van der Waals surface area contributed by atoms with E-state index in [-0.39, 0.29) is 30.0 Å². The van der Waals surface area contributed by atoms with Crippen molar-refractivity contribution in [2.24, 2.45) is 0 Å². The standard InChI is InChI=1S/C24H27N3O5S/c1-31-18-11-17(12-19(13-18)32-2)25-22(28)14-27-20-10-16(6-7-21(20)33-15-23(27)29)24(30)26-8-4-3-5-9-26/h6-7,10-13H,3-5,8-9,14-15H2,1-2H3,(H,25,28). The molecule has 1 fully saturated rings. The molecule has 2 aliphatic rings. The average molecular weight is 470 g/mol. The van der Waals surface area contributed by atoms with E-state index in [1.54, 1.807) is 30.3 Å². The summed E-state index contributed by atoms with van der Waals surface area (Å²) in [6.07, 6.45) is 3.15. The molecule has 2 aromatic rings. The van der Waals surface area contributed by atoms with Gasteiger partial charge in [-0.2, -0.15) is 0 Å². The lowest BCUT2D eigenvalue weighted by molar-refractivity contribution is -0.120. The molecular weight excluding hydrogens is 442 g/mol. The Morgan fingerprint density at radius 1 is 1.00 bits per heavy atom. The van der Waals surface area contributed by atoms with Crippen molar-refractivity contribution in [2.45, 2.75) is 24.2 Å². The zero-order valence-electron chi connectivity index (χ0n) is 18.8. The van der Waals surface area contributed by atoms with Crippen molar-refractivity contribution in [2.75, 3.05) is 49.8 Å². The lowest BCUT2D eigenvalue weighted by atomic mass is 10.1. The van der Waals surface area contributed by atoms with Crippen LogP contribution in [0.15, 0.2) is 41.3 Å². The number of methoxy groups -OCH3 is 2. The number of likely N-dealkylation sites (tertiary alicyclic amines) is 1. The molecule has 4 rings (SSSR count). The second-order valence-electron chi connectivity index (χ2n) is 7.95. The topological polar surface area (TPSA) is 88.2 Å². The highest BCUT2D eigenvalue weighted by Gasteiger charge is 2.28. The fourth-order valence-corrected chi connectivity index (χ4v) is 4.93. The van der Waals surface area contributed by atoms with Crippen LogP contribution in [0.2, 0.25) is 0 Å². The zero-order chi connectivity index (χ0) is 23.4. The third kappa shape index (κ3) is 5.24. The second-order valence-corrected chi connectivity index (χ2v) is 8.97. The lowest BCUT2D eigenvalue weighted by Gasteiger charge is -2.30. The van der Waals surface area contributed by atoms with Crippen molar-refractivity contribution in [3.63, 3.8) is 0 Å². The predicted octanol–water partition coefficient (Wildman–Crippen LogP) is 3.41. The maximum atomic E-state index is 13.0. The van der Waals surface area contributed by atoms with Crippen LogP contribution >= 0.6 is 11.8 Å². The molecule has 0 unspecified atom stereocenters. The van der Waals surface area contributed by atoms with Gasteiger partial charge in [-0.15, -0.1) is 11.8 Å². The third-order valence-corrected chi connectivity index (χ3v) is 6.78. The number of carbonyl (C=O) groups is 3. The number of ether oxygens (including phenoxy) is 2. The summed E-state index contributed by atoms with van der Waals surface area (Å²) in [4.78, 5) is 42.7. The Hall–Kier alpha value is -3.20. The first-order chi connectivity index (χ1) is 16.0. The number of anilines is 2. The lowest BCUT2D eigenvalue weighted by Crippen LogP contribution is -2.41. The van der Waals surface area contributed by atoms with Crippen LogP contribution in [-0.2, 0) is 9.59 Å². The first-order valence-corrected chi connectivity index (χ1v) is 11.9. The Kier molecular flexibility index (Phi) is 7.08. The van der Waals surface area contributed by atoms with Gasteiger partial charge in [0.25, 0.3) is 5.91 Å². The summed E-state index contributed by atoms with van der Waals surface area (Å²) in [6.45, 7) is 1.34. The van der Waals surface area contributed by atoms with Crippen LogP contribution in [0.3, 0.4) is 0 Å². The van der Waals surface area contributed by atoms with Gasteiger partial charge in [-0.25, -0.2) is 0 Å². The van der Waals surface area contributed by atoms with Gasteiger partial charge >= 0.3 is 0 Å². The molecule has 0 bridgehead atoms. The first-order valence-electron chi connectivity index (χ1n) is 10.9. The van der Waals surface area contributed by atoms with Gasteiger partial charge in [-0.05, 0) is 37.5 Å². The van der Waals surface area contributed by atoms with E-state index in [0.717, 1.165) is 37.2 Å². The molecule has 0 atom stereocenters. The number of hydrogen-bond donors (Lipinski definition) is 1. The zero-order valence-corrected chi connectivity index (χ0v) is 19.6. The third-order valence-electron chi connectivity index (χ3n) is 5.73. The number of nitrogens with zero attached hydrogens (tertiary/aromatic N) is 2. The highest BCUT2D eigenvalue weighted by atomic mass is 32.2. The SMILES string of the molecule is COc1cc(NC(=O)CN2C(=O)CSc3ccc(C(=O)N4CCCCC4)cc32)cc(OC)c1. The molecule has 9 heteroatoms. The van der Waals surface area contributed by atoms with E-state index < -0.39 is 0 Å². The van der Waals surface area contributed by atoms with Gasteiger partial charge in [0.05, 0.1) is 25.7 Å². The first kappa shape index (κ1) is 23.0. The molecule has 0 aromatic heterocycles. The minimum Gasteiger partial charge on any atom is -0.497 e. The summed E-state index contributed by atoms with van der Waals surface area (Å²) >= 11 is 1.42. The molecule has 1 saturated heterocycles. The van der Waals surface area contributed by atoms with Gasteiger partial charge in [-0.1, -0.05) is 0 Å². The van der Waals surface area contributed by atoms with E-state index in [1.807, 2.05) is 11.0 Å². The number of nitrogens with one attached hydrogen (secondary N) is 1. The molecular formula is C24H27N3O5S. The molecule has 2 heterocycles. The number of thioether (sulfide) groups is 1. The summed E-state index contributed by atoms with van der Waals surface area (Å²) in [5, 5.41) is 2.80. The number of amides is 3. The maximum absolute atomic E-state index is 13.0. The molecule has 0 aliphatic carbocycles. The smallest absolute Gasteiger partial charge is 0.253 e. The molecule has 8 nitrogen and oxygen atoms in total. The Labute approximate surface area is 197 Å². The quantitative estimate of drug-likeness (QED) is 0.698. The summed E-state index contributed by atoms with van der Waals surface area (Å²) in [6, 6.07) is 10.5. The van der Waals surface area contributed by atoms with Crippen molar-refractivity contribution in [3.05, 3.63) is 42.0 Å². The summed E-state index contributed by atoms with van der Waals surface area (Å²) in [5.74, 6) is 0.765. The van der Waals surface area contributed by atoms with Crippen LogP contribution in [0, 0.1) is 0 Å². The Morgan fingerprint density at radius 3 is 2.36 bits per heavy atom. The van der Waals surface area contributed by atoms with Gasteiger partial charge in [0.1, 0.15) is 18.0 Å². The number of hydrogen-bond acceptors (Lipinski definition) is 6. The highest BCUT2D eigenvalue weighted by molar-refractivity contribution is 8.00. The van der Waals surface area contributed by atoms with Crippen LogP contribution in [0.25, 0.3) is 0 Å². The summed E-state index contributed by atoms with van der Waals surface area (Å²) in [7, 11) is 3.06. The van der Waals surface area contributed by atoms with Crippen molar-refractivity contribution in [1.82, 2.24) is 4.90 Å². The minimum atomic E-state index is -0.357. The normalized spacial score (nSPS) is 15.6. The molecule has 2 aliphatic heterocycles. The number of carbonyl (C=O) groups excluding carboxylic acids is 3. The predicted molar refractivity (Wildman–Crippen MR) is 127 cm³/mol. The van der Waals surface area contributed by atoms with E-state index >= 15 is 0 Å². The summed E-state index contributed by atoms with van der Waals surface area (Å²) in [5.41, 5.74) is 1.63. The fraction of sp³-hybridized carbons (Fsp3) is 0.375. The molecule has 33 heavy (non-hydrogen) atoms. The molecule has 174 valence electrons. The second kappa shape index (κ2) is 10.2. The van der Waals surface area contributed by atoms with Crippen molar-refractivity contribution >= 4 is 40.9 Å². The minimum absolute atomic E-state index is 0.0339. The van der Waals surface area contributed by atoms with Gasteiger partial charge in [-0.3, -0.25) is 14.4 Å². The number of piperidine rings is 1. The maximum Gasteiger partial charge on any atom is 0.253 e. The highest BCUT2D eigenvalue weighted by Crippen LogP contribution is 2.36.